The number of sulfonamides is 1. The SMILES string of the molecule is Cc1ccccc1-c1cccc(C(=O)C2C(=O)c3ccccc3S(=O)(=O)N2C)c1. The fourth-order valence-corrected chi connectivity index (χ4v) is 5.16. The quantitative estimate of drug-likeness (QED) is 0.492. The number of hydrogen-bond donors (Lipinski definition) is 0. The van der Waals surface area contributed by atoms with E-state index in [4.69, 9.17) is 0 Å². The Balaban J connectivity index is 1.79. The van der Waals surface area contributed by atoms with E-state index in [1.165, 1.54) is 19.2 Å². The molecule has 1 heterocycles. The molecule has 6 heteroatoms. The summed E-state index contributed by atoms with van der Waals surface area (Å²) in [5.41, 5.74) is 3.22. The summed E-state index contributed by atoms with van der Waals surface area (Å²) in [6, 6.07) is 19.3. The molecule has 0 saturated heterocycles. The normalized spacial score (nSPS) is 18.3. The lowest BCUT2D eigenvalue weighted by Gasteiger charge is -2.31. The molecule has 0 radical (unpaired) electrons. The highest BCUT2D eigenvalue weighted by molar-refractivity contribution is 7.89. The maximum Gasteiger partial charge on any atom is 0.244 e. The largest absolute Gasteiger partial charge is 0.292 e. The molecule has 0 aliphatic carbocycles. The fourth-order valence-electron chi connectivity index (χ4n) is 3.68. The minimum absolute atomic E-state index is 0.0546. The average molecular weight is 405 g/mol. The maximum absolute atomic E-state index is 13.3. The first-order valence-corrected chi connectivity index (χ1v) is 10.6. The molecule has 1 atom stereocenters. The van der Waals surface area contributed by atoms with E-state index in [2.05, 4.69) is 0 Å². The Morgan fingerprint density at radius 3 is 2.28 bits per heavy atom. The van der Waals surface area contributed by atoms with Crippen LogP contribution in [0.15, 0.2) is 77.7 Å². The van der Waals surface area contributed by atoms with E-state index >= 15 is 0 Å². The van der Waals surface area contributed by atoms with Crippen LogP contribution in [0.4, 0.5) is 0 Å². The number of likely N-dealkylation sites (N-methyl/N-ethyl adjacent to an activating group) is 1. The lowest BCUT2D eigenvalue weighted by atomic mass is 9.93. The maximum atomic E-state index is 13.3. The monoisotopic (exact) mass is 405 g/mol. The van der Waals surface area contributed by atoms with E-state index in [1.54, 1.807) is 30.3 Å². The molecule has 3 aromatic carbocycles. The molecule has 5 nitrogen and oxygen atoms in total. The van der Waals surface area contributed by atoms with Crippen molar-refractivity contribution in [3.8, 4) is 11.1 Å². The Bertz CT molecular complexity index is 1250. The second kappa shape index (κ2) is 7.06. The predicted molar refractivity (Wildman–Crippen MR) is 110 cm³/mol. The molecule has 0 N–H and O–H groups in total. The van der Waals surface area contributed by atoms with Gasteiger partial charge in [0, 0.05) is 18.2 Å². The summed E-state index contributed by atoms with van der Waals surface area (Å²) >= 11 is 0. The molecule has 0 bridgehead atoms. The van der Waals surface area contributed by atoms with Crippen molar-refractivity contribution in [3.05, 3.63) is 89.5 Å². The number of carbonyl (C=O) groups is 2. The second-order valence-electron chi connectivity index (χ2n) is 7.04. The lowest BCUT2D eigenvalue weighted by molar-refractivity contribution is 0.0784. The van der Waals surface area contributed by atoms with E-state index in [9.17, 15) is 18.0 Å². The zero-order chi connectivity index (χ0) is 20.8. The topological polar surface area (TPSA) is 71.5 Å². The zero-order valence-electron chi connectivity index (χ0n) is 16.0. The number of aryl methyl sites for hydroxylation is 1. The molecule has 4 rings (SSSR count). The summed E-state index contributed by atoms with van der Waals surface area (Å²) in [4.78, 5) is 26.2. The molecule has 0 aromatic heterocycles. The standard InChI is InChI=1S/C23H19NO4S/c1-15-8-3-4-11-18(15)16-9-7-10-17(14-16)22(25)21-23(26)19-12-5-6-13-20(19)29(27,28)24(21)2/h3-14,21H,1-2H3. The van der Waals surface area contributed by atoms with Crippen LogP contribution in [0.2, 0.25) is 0 Å². The molecular weight excluding hydrogens is 386 g/mol. The molecule has 0 fully saturated rings. The van der Waals surface area contributed by atoms with Gasteiger partial charge in [0.15, 0.2) is 17.6 Å². The first-order chi connectivity index (χ1) is 13.8. The number of Topliss-reactive ketones (excluding diaryl/α,β-unsaturated/α-hetero) is 2. The number of hydrogen-bond acceptors (Lipinski definition) is 4. The number of rotatable bonds is 3. The van der Waals surface area contributed by atoms with Crippen molar-refractivity contribution in [2.75, 3.05) is 7.05 Å². The number of benzene rings is 3. The Kier molecular flexibility index (Phi) is 4.68. The molecular formula is C23H19NO4S. The van der Waals surface area contributed by atoms with Gasteiger partial charge in [-0.05, 0) is 41.8 Å². The zero-order valence-corrected chi connectivity index (χ0v) is 16.8. The molecule has 3 aromatic rings. The summed E-state index contributed by atoms with van der Waals surface area (Å²) in [6.45, 7) is 1.98. The third-order valence-electron chi connectivity index (χ3n) is 5.27. The molecule has 29 heavy (non-hydrogen) atoms. The molecule has 0 saturated carbocycles. The molecule has 1 aliphatic heterocycles. The van der Waals surface area contributed by atoms with Crippen molar-refractivity contribution in [1.82, 2.24) is 4.31 Å². The van der Waals surface area contributed by atoms with Crippen molar-refractivity contribution in [2.45, 2.75) is 17.9 Å². The molecule has 1 aliphatic rings. The van der Waals surface area contributed by atoms with E-state index in [-0.39, 0.29) is 10.5 Å². The Morgan fingerprint density at radius 2 is 1.55 bits per heavy atom. The van der Waals surface area contributed by atoms with Crippen LogP contribution in [0, 0.1) is 6.92 Å². The fraction of sp³-hybridized carbons (Fsp3) is 0.130. The van der Waals surface area contributed by atoms with Crippen molar-refractivity contribution >= 4 is 21.6 Å². The van der Waals surface area contributed by atoms with Crippen molar-refractivity contribution in [1.29, 1.82) is 0 Å². The van der Waals surface area contributed by atoms with E-state index in [0.29, 0.717) is 5.56 Å². The lowest BCUT2D eigenvalue weighted by Crippen LogP contribution is -2.51. The van der Waals surface area contributed by atoms with Gasteiger partial charge in [-0.25, -0.2) is 8.42 Å². The molecule has 0 spiro atoms. The summed E-state index contributed by atoms with van der Waals surface area (Å²) in [6.07, 6.45) is 0. The first-order valence-electron chi connectivity index (χ1n) is 9.14. The van der Waals surface area contributed by atoms with Crippen LogP contribution < -0.4 is 0 Å². The highest BCUT2D eigenvalue weighted by Gasteiger charge is 2.45. The predicted octanol–water partition coefficient (Wildman–Crippen LogP) is 3.73. The van der Waals surface area contributed by atoms with Crippen LogP contribution in [0.3, 0.4) is 0 Å². The van der Waals surface area contributed by atoms with Gasteiger partial charge < -0.3 is 0 Å². The van der Waals surface area contributed by atoms with Crippen LogP contribution in [0.5, 0.6) is 0 Å². The molecule has 1 unspecified atom stereocenters. The van der Waals surface area contributed by atoms with E-state index < -0.39 is 27.6 Å². The van der Waals surface area contributed by atoms with Gasteiger partial charge in [0.2, 0.25) is 10.0 Å². The van der Waals surface area contributed by atoms with Crippen LogP contribution >= 0.6 is 0 Å². The van der Waals surface area contributed by atoms with Gasteiger partial charge >= 0.3 is 0 Å². The second-order valence-corrected chi connectivity index (χ2v) is 9.01. The van der Waals surface area contributed by atoms with Gasteiger partial charge in [-0.15, -0.1) is 0 Å². The third kappa shape index (κ3) is 3.10. The number of carbonyl (C=O) groups excluding carboxylic acids is 2. The van der Waals surface area contributed by atoms with Crippen LogP contribution in [-0.2, 0) is 10.0 Å². The number of fused-ring (bicyclic) bond motifs is 1. The van der Waals surface area contributed by atoms with Gasteiger partial charge in [-0.3, -0.25) is 9.59 Å². The third-order valence-corrected chi connectivity index (χ3v) is 7.15. The summed E-state index contributed by atoms with van der Waals surface area (Å²) < 4.78 is 26.6. The minimum atomic E-state index is -3.93. The van der Waals surface area contributed by atoms with Crippen molar-refractivity contribution in [3.63, 3.8) is 0 Å². The highest BCUT2D eigenvalue weighted by Crippen LogP contribution is 2.31. The van der Waals surface area contributed by atoms with Gasteiger partial charge in [0.1, 0.15) is 0 Å². The van der Waals surface area contributed by atoms with E-state index in [0.717, 1.165) is 21.0 Å². The van der Waals surface area contributed by atoms with Gasteiger partial charge in [0.25, 0.3) is 0 Å². The smallest absolute Gasteiger partial charge is 0.244 e. The number of nitrogens with zero attached hydrogens (tertiary/aromatic N) is 1. The van der Waals surface area contributed by atoms with Crippen LogP contribution in [-0.4, -0.2) is 37.4 Å². The Morgan fingerprint density at radius 1 is 0.897 bits per heavy atom. The Labute approximate surface area is 169 Å². The highest BCUT2D eigenvalue weighted by atomic mass is 32.2. The van der Waals surface area contributed by atoms with E-state index in [1.807, 2.05) is 37.3 Å². The molecule has 146 valence electrons. The summed E-state index contributed by atoms with van der Waals surface area (Å²) in [5.74, 6) is -1.05. The van der Waals surface area contributed by atoms with Gasteiger partial charge in [0.05, 0.1) is 4.90 Å². The Hall–Kier alpha value is -3.09. The summed E-state index contributed by atoms with van der Waals surface area (Å²) in [5, 5.41) is 0. The van der Waals surface area contributed by atoms with Crippen molar-refractivity contribution in [2.24, 2.45) is 0 Å². The van der Waals surface area contributed by atoms with Gasteiger partial charge in [-0.2, -0.15) is 4.31 Å². The van der Waals surface area contributed by atoms with Crippen molar-refractivity contribution < 1.29 is 18.0 Å². The average Bonchev–Trinajstić information content (AvgIpc) is 2.73. The summed E-state index contributed by atoms with van der Waals surface area (Å²) in [7, 11) is -2.66. The minimum Gasteiger partial charge on any atom is -0.292 e. The van der Waals surface area contributed by atoms with Crippen LogP contribution in [0.25, 0.3) is 11.1 Å². The van der Waals surface area contributed by atoms with Crippen LogP contribution in [0.1, 0.15) is 26.3 Å². The first kappa shape index (κ1) is 19.2. The number of ketones is 2. The van der Waals surface area contributed by atoms with Gasteiger partial charge in [-0.1, -0.05) is 54.6 Å². The molecule has 0 amide bonds.